The largest absolute Gasteiger partial charge is 0.481 e. The van der Waals surface area contributed by atoms with Gasteiger partial charge in [-0.25, -0.2) is 0 Å². The number of aromatic nitrogens is 2. The predicted molar refractivity (Wildman–Crippen MR) is 114 cm³/mol. The average Bonchev–Trinajstić information content (AvgIpc) is 2.73. The summed E-state index contributed by atoms with van der Waals surface area (Å²) in [5.74, 6) is -0.922. The van der Waals surface area contributed by atoms with Gasteiger partial charge in [0.05, 0.1) is 17.2 Å². The third-order valence-corrected chi connectivity index (χ3v) is 5.35. The second-order valence-corrected chi connectivity index (χ2v) is 7.71. The zero-order valence-electron chi connectivity index (χ0n) is 17.1. The summed E-state index contributed by atoms with van der Waals surface area (Å²) < 4.78 is 0. The highest BCUT2D eigenvalue weighted by Crippen LogP contribution is 2.26. The molecule has 0 unspecified atom stereocenters. The Morgan fingerprint density at radius 1 is 1.13 bits per heavy atom. The van der Waals surface area contributed by atoms with Crippen molar-refractivity contribution in [1.29, 1.82) is 5.41 Å². The van der Waals surface area contributed by atoms with E-state index in [2.05, 4.69) is 15.5 Å². The molecule has 3 rings (SSSR count). The Kier molecular flexibility index (Phi) is 6.29. The molecule has 0 aliphatic heterocycles. The van der Waals surface area contributed by atoms with Crippen molar-refractivity contribution in [3.8, 4) is 11.3 Å². The molecule has 1 saturated carbocycles. The van der Waals surface area contributed by atoms with Crippen LogP contribution in [-0.2, 0) is 4.79 Å². The molecule has 5 N–H and O–H groups in total. The van der Waals surface area contributed by atoms with Gasteiger partial charge in [0.2, 0.25) is 0 Å². The fourth-order valence-electron chi connectivity index (χ4n) is 3.59. The molecule has 1 amide bonds. The van der Waals surface area contributed by atoms with Crippen LogP contribution in [0.2, 0.25) is 0 Å². The molecule has 2 aromatic rings. The van der Waals surface area contributed by atoms with Crippen molar-refractivity contribution in [2.24, 2.45) is 11.7 Å². The number of carboxylic acids is 1. The van der Waals surface area contributed by atoms with Crippen molar-refractivity contribution in [2.75, 3.05) is 19.0 Å². The number of nitrogens with zero attached hydrogens (tertiary/aromatic N) is 3. The number of amides is 1. The van der Waals surface area contributed by atoms with Crippen molar-refractivity contribution < 1.29 is 14.7 Å². The molecule has 9 nitrogen and oxygen atoms in total. The van der Waals surface area contributed by atoms with Gasteiger partial charge in [-0.1, -0.05) is 24.3 Å². The number of carbonyl (C=O) groups excluding carboxylic acids is 1. The van der Waals surface area contributed by atoms with Gasteiger partial charge in [0.1, 0.15) is 5.84 Å². The van der Waals surface area contributed by atoms with Crippen LogP contribution in [-0.4, -0.2) is 53.2 Å². The Labute approximate surface area is 174 Å². The quantitative estimate of drug-likeness (QED) is 0.420. The monoisotopic (exact) mass is 410 g/mol. The first-order chi connectivity index (χ1) is 14.3. The standard InChI is InChI=1S/C21H26N6O3/c1-27(2)19-16(20(28)24-15-9-7-14(8-10-15)21(29)30)11-17(25-26-19)12-3-5-13(6-4-12)18(22)23/h3-6,11,14-15H,7-10H2,1-2H3,(H3,22,23)(H,24,28)(H,29,30). The fourth-order valence-corrected chi connectivity index (χ4v) is 3.59. The summed E-state index contributed by atoms with van der Waals surface area (Å²) >= 11 is 0. The van der Waals surface area contributed by atoms with E-state index in [0.29, 0.717) is 48.3 Å². The Morgan fingerprint density at radius 3 is 2.30 bits per heavy atom. The van der Waals surface area contributed by atoms with Crippen LogP contribution >= 0.6 is 0 Å². The van der Waals surface area contributed by atoms with Gasteiger partial charge in [-0.15, -0.1) is 10.2 Å². The number of nitrogens with two attached hydrogens (primary N) is 1. The molecule has 0 saturated heterocycles. The van der Waals surface area contributed by atoms with Crippen molar-refractivity contribution >= 4 is 23.5 Å². The first-order valence-electron chi connectivity index (χ1n) is 9.79. The second kappa shape index (κ2) is 8.89. The molecule has 0 bridgehead atoms. The van der Waals surface area contributed by atoms with Crippen LogP contribution in [0.25, 0.3) is 11.3 Å². The number of hydrogen-bond donors (Lipinski definition) is 4. The van der Waals surface area contributed by atoms with E-state index in [9.17, 15) is 9.59 Å². The lowest BCUT2D eigenvalue weighted by Crippen LogP contribution is -2.39. The zero-order valence-corrected chi connectivity index (χ0v) is 17.1. The average molecular weight is 410 g/mol. The van der Waals surface area contributed by atoms with Crippen molar-refractivity contribution in [2.45, 2.75) is 31.7 Å². The van der Waals surface area contributed by atoms with Crippen molar-refractivity contribution in [3.05, 3.63) is 41.5 Å². The number of hydrogen-bond acceptors (Lipinski definition) is 6. The summed E-state index contributed by atoms with van der Waals surface area (Å²) in [6.07, 6.45) is 2.39. The molecular formula is C21H26N6O3. The summed E-state index contributed by atoms with van der Waals surface area (Å²) in [6.45, 7) is 0. The van der Waals surface area contributed by atoms with Crippen LogP contribution in [0.4, 0.5) is 5.82 Å². The number of carboxylic acid groups (broad SMARTS) is 1. The summed E-state index contributed by atoms with van der Waals surface area (Å²) in [4.78, 5) is 25.9. The van der Waals surface area contributed by atoms with Crippen LogP contribution in [0.1, 0.15) is 41.6 Å². The van der Waals surface area contributed by atoms with Gasteiger partial charge in [-0.2, -0.15) is 0 Å². The molecule has 1 heterocycles. The Balaban J connectivity index is 1.81. The number of amidine groups is 1. The molecule has 9 heteroatoms. The molecule has 0 spiro atoms. The number of benzene rings is 1. The third-order valence-electron chi connectivity index (χ3n) is 5.35. The minimum absolute atomic E-state index is 0.0201. The predicted octanol–water partition coefficient (Wildman–Crippen LogP) is 1.87. The molecule has 158 valence electrons. The normalized spacial score (nSPS) is 18.5. The van der Waals surface area contributed by atoms with Crippen molar-refractivity contribution in [3.63, 3.8) is 0 Å². The van der Waals surface area contributed by atoms with E-state index in [1.807, 2.05) is 0 Å². The first-order valence-corrected chi connectivity index (χ1v) is 9.79. The Morgan fingerprint density at radius 2 is 1.77 bits per heavy atom. The van der Waals surface area contributed by atoms with Gasteiger partial charge >= 0.3 is 5.97 Å². The highest BCUT2D eigenvalue weighted by atomic mass is 16.4. The minimum Gasteiger partial charge on any atom is -0.481 e. The van der Waals surface area contributed by atoms with E-state index in [1.165, 1.54) is 0 Å². The van der Waals surface area contributed by atoms with E-state index in [0.717, 1.165) is 5.56 Å². The van der Waals surface area contributed by atoms with Gasteiger partial charge in [-0.3, -0.25) is 15.0 Å². The molecule has 1 aliphatic carbocycles. The molecule has 0 atom stereocenters. The highest BCUT2D eigenvalue weighted by molar-refractivity contribution is 6.00. The van der Waals surface area contributed by atoms with Crippen LogP contribution in [0, 0.1) is 11.3 Å². The SMILES string of the molecule is CN(C)c1nnc(-c2ccc(C(=N)N)cc2)cc1C(=O)NC1CCC(C(=O)O)CC1. The first kappa shape index (κ1) is 21.2. The Hall–Kier alpha value is -3.49. The highest BCUT2D eigenvalue weighted by Gasteiger charge is 2.28. The van der Waals surface area contributed by atoms with Gasteiger partial charge in [0, 0.05) is 31.3 Å². The summed E-state index contributed by atoms with van der Waals surface area (Å²) in [7, 11) is 3.58. The number of anilines is 1. The summed E-state index contributed by atoms with van der Waals surface area (Å²) in [5, 5.41) is 28.1. The third kappa shape index (κ3) is 4.73. The summed E-state index contributed by atoms with van der Waals surface area (Å²) in [5.41, 5.74) is 7.80. The number of rotatable bonds is 6. The topological polar surface area (TPSA) is 145 Å². The molecule has 1 aliphatic rings. The number of nitrogen functional groups attached to an aromatic ring is 1. The number of aliphatic carboxylic acids is 1. The number of nitrogens with one attached hydrogen (secondary N) is 2. The van der Waals surface area contributed by atoms with Crippen molar-refractivity contribution in [1.82, 2.24) is 15.5 Å². The van der Waals surface area contributed by atoms with Gasteiger partial charge in [-0.05, 0) is 31.7 Å². The van der Waals surface area contributed by atoms with Gasteiger partial charge in [0.25, 0.3) is 5.91 Å². The second-order valence-electron chi connectivity index (χ2n) is 7.71. The molecule has 1 aromatic heterocycles. The van der Waals surface area contributed by atoms with Crippen LogP contribution < -0.4 is 16.0 Å². The molecule has 1 aromatic carbocycles. The fraction of sp³-hybridized carbons (Fsp3) is 0.381. The van der Waals surface area contributed by atoms with Gasteiger partial charge in [0.15, 0.2) is 5.82 Å². The van der Waals surface area contributed by atoms with E-state index in [1.54, 1.807) is 49.3 Å². The lowest BCUT2D eigenvalue weighted by Gasteiger charge is -2.27. The molecule has 1 fully saturated rings. The molecular weight excluding hydrogens is 384 g/mol. The molecule has 0 radical (unpaired) electrons. The maximum Gasteiger partial charge on any atom is 0.306 e. The smallest absolute Gasteiger partial charge is 0.306 e. The van der Waals surface area contributed by atoms with E-state index >= 15 is 0 Å². The van der Waals surface area contributed by atoms with Crippen LogP contribution in [0.15, 0.2) is 30.3 Å². The van der Waals surface area contributed by atoms with E-state index < -0.39 is 5.97 Å². The maximum absolute atomic E-state index is 13.0. The minimum atomic E-state index is -0.770. The molecule has 30 heavy (non-hydrogen) atoms. The Bertz CT molecular complexity index is 950. The zero-order chi connectivity index (χ0) is 21.8. The van der Waals surface area contributed by atoms with E-state index in [-0.39, 0.29) is 23.7 Å². The summed E-state index contributed by atoms with van der Waals surface area (Å²) in [6, 6.07) is 8.65. The van der Waals surface area contributed by atoms with Crippen LogP contribution in [0.3, 0.4) is 0 Å². The number of carbonyl (C=O) groups is 2. The van der Waals surface area contributed by atoms with E-state index in [4.69, 9.17) is 16.2 Å². The van der Waals surface area contributed by atoms with Gasteiger partial charge < -0.3 is 21.1 Å². The van der Waals surface area contributed by atoms with Crippen LogP contribution in [0.5, 0.6) is 0 Å². The lowest BCUT2D eigenvalue weighted by molar-refractivity contribution is -0.142. The maximum atomic E-state index is 13.0. The lowest BCUT2D eigenvalue weighted by atomic mass is 9.86.